The average molecular weight is 212 g/mol. The number of hydrogen-bond donors (Lipinski definition) is 2. The van der Waals surface area contributed by atoms with Crippen molar-refractivity contribution < 1.29 is 0 Å². The fraction of sp³-hybridized carbons (Fsp3) is 0.300. The Hall–Kier alpha value is -0.900. The van der Waals surface area contributed by atoms with Crippen LogP contribution in [0.15, 0.2) is 31.1 Å². The van der Waals surface area contributed by atoms with Crippen molar-refractivity contribution in [3.63, 3.8) is 0 Å². The van der Waals surface area contributed by atoms with Crippen LogP contribution in [0.3, 0.4) is 0 Å². The van der Waals surface area contributed by atoms with Crippen LogP contribution in [0.4, 0.5) is 0 Å². The molecule has 4 heteroatoms. The van der Waals surface area contributed by atoms with Gasteiger partial charge in [-0.15, -0.1) is 6.58 Å². The van der Waals surface area contributed by atoms with Crippen LogP contribution >= 0.6 is 11.6 Å². The van der Waals surface area contributed by atoms with Crippen LogP contribution in [0.2, 0.25) is 5.02 Å². The number of hydrazine groups is 1. The molecule has 0 aliphatic rings. The normalized spacial score (nSPS) is 12.4. The third-order valence-corrected chi connectivity index (χ3v) is 2.36. The molecule has 76 valence electrons. The number of nitrogens with two attached hydrogens (primary N) is 1. The van der Waals surface area contributed by atoms with Crippen molar-refractivity contribution in [2.75, 3.05) is 0 Å². The van der Waals surface area contributed by atoms with Crippen LogP contribution in [0.5, 0.6) is 0 Å². The minimum atomic E-state index is 0.0588. The molecule has 1 unspecified atom stereocenters. The zero-order valence-corrected chi connectivity index (χ0v) is 8.67. The first kappa shape index (κ1) is 11.2. The minimum absolute atomic E-state index is 0.0588. The molecule has 0 radical (unpaired) electrons. The Balaban J connectivity index is 2.78. The fourth-order valence-corrected chi connectivity index (χ4v) is 1.53. The van der Waals surface area contributed by atoms with Crippen LogP contribution in [0.25, 0.3) is 0 Å². The number of aromatic nitrogens is 1. The molecule has 1 atom stereocenters. The summed E-state index contributed by atoms with van der Waals surface area (Å²) in [5.41, 5.74) is 3.71. The Morgan fingerprint density at radius 1 is 1.71 bits per heavy atom. The molecule has 0 spiro atoms. The van der Waals surface area contributed by atoms with Gasteiger partial charge >= 0.3 is 0 Å². The first-order valence-electron chi connectivity index (χ1n) is 4.46. The predicted molar refractivity (Wildman–Crippen MR) is 58.7 cm³/mol. The van der Waals surface area contributed by atoms with E-state index in [9.17, 15) is 0 Å². The first-order valence-corrected chi connectivity index (χ1v) is 4.83. The van der Waals surface area contributed by atoms with Gasteiger partial charge in [-0.05, 0) is 24.5 Å². The molecule has 1 aromatic heterocycles. The molecule has 0 amide bonds. The number of pyridine rings is 1. The van der Waals surface area contributed by atoms with E-state index in [0.717, 1.165) is 18.4 Å². The zero-order chi connectivity index (χ0) is 10.4. The van der Waals surface area contributed by atoms with E-state index in [1.165, 1.54) is 0 Å². The molecule has 0 saturated heterocycles. The molecule has 14 heavy (non-hydrogen) atoms. The summed E-state index contributed by atoms with van der Waals surface area (Å²) in [6, 6.07) is 1.93. The lowest BCUT2D eigenvalue weighted by atomic mass is 10.0. The van der Waals surface area contributed by atoms with E-state index in [1.54, 1.807) is 12.4 Å². The molecular formula is C10H14ClN3. The molecule has 0 aliphatic heterocycles. The smallest absolute Gasteiger partial charge is 0.0637 e. The Morgan fingerprint density at radius 3 is 3.07 bits per heavy atom. The molecule has 0 aliphatic carbocycles. The highest BCUT2D eigenvalue weighted by Gasteiger charge is 2.11. The second-order valence-corrected chi connectivity index (χ2v) is 3.39. The largest absolute Gasteiger partial charge is 0.271 e. The molecule has 0 bridgehead atoms. The Morgan fingerprint density at radius 2 is 2.50 bits per heavy atom. The van der Waals surface area contributed by atoms with E-state index in [0.29, 0.717) is 5.02 Å². The quantitative estimate of drug-likeness (QED) is 0.446. The summed E-state index contributed by atoms with van der Waals surface area (Å²) in [4.78, 5) is 3.92. The second-order valence-electron chi connectivity index (χ2n) is 2.98. The van der Waals surface area contributed by atoms with Gasteiger partial charge in [-0.2, -0.15) is 0 Å². The standard InChI is InChI=1S/C10H14ClN3/c1-2-3-4-10(14-12)8-5-6-13-7-9(8)11/h2,5-7,10,14H,1,3-4,12H2. The van der Waals surface area contributed by atoms with Gasteiger partial charge in [0.1, 0.15) is 0 Å². The Labute approximate surface area is 88.9 Å². The van der Waals surface area contributed by atoms with Crippen molar-refractivity contribution in [3.05, 3.63) is 41.7 Å². The monoisotopic (exact) mass is 211 g/mol. The summed E-state index contributed by atoms with van der Waals surface area (Å²) in [6.07, 6.45) is 6.96. The summed E-state index contributed by atoms with van der Waals surface area (Å²) in [7, 11) is 0. The van der Waals surface area contributed by atoms with Gasteiger partial charge in [0, 0.05) is 18.4 Å². The van der Waals surface area contributed by atoms with Crippen LogP contribution in [-0.4, -0.2) is 4.98 Å². The van der Waals surface area contributed by atoms with E-state index >= 15 is 0 Å². The molecule has 0 aromatic carbocycles. The summed E-state index contributed by atoms with van der Waals surface area (Å²) >= 11 is 5.99. The Kier molecular flexibility index (Phi) is 4.59. The van der Waals surface area contributed by atoms with E-state index in [4.69, 9.17) is 17.4 Å². The highest BCUT2D eigenvalue weighted by Crippen LogP contribution is 2.24. The van der Waals surface area contributed by atoms with Gasteiger partial charge in [0.25, 0.3) is 0 Å². The molecule has 3 N–H and O–H groups in total. The van der Waals surface area contributed by atoms with Crippen molar-refractivity contribution in [2.45, 2.75) is 18.9 Å². The predicted octanol–water partition coefficient (Wildman–Crippen LogP) is 2.21. The van der Waals surface area contributed by atoms with Crippen LogP contribution in [0.1, 0.15) is 24.4 Å². The van der Waals surface area contributed by atoms with Crippen molar-refractivity contribution in [1.82, 2.24) is 10.4 Å². The maximum atomic E-state index is 5.99. The maximum Gasteiger partial charge on any atom is 0.0637 e. The van der Waals surface area contributed by atoms with Crippen molar-refractivity contribution >= 4 is 11.6 Å². The van der Waals surface area contributed by atoms with Crippen LogP contribution in [-0.2, 0) is 0 Å². The minimum Gasteiger partial charge on any atom is -0.271 e. The second kappa shape index (κ2) is 5.75. The molecule has 0 saturated carbocycles. The zero-order valence-electron chi connectivity index (χ0n) is 7.91. The van der Waals surface area contributed by atoms with Crippen LogP contribution in [0, 0.1) is 0 Å². The van der Waals surface area contributed by atoms with Gasteiger partial charge in [0.15, 0.2) is 0 Å². The summed E-state index contributed by atoms with van der Waals surface area (Å²) < 4.78 is 0. The number of nitrogens with zero attached hydrogens (tertiary/aromatic N) is 1. The molecular weight excluding hydrogens is 198 g/mol. The number of nitrogens with one attached hydrogen (secondary N) is 1. The van der Waals surface area contributed by atoms with E-state index in [2.05, 4.69) is 17.0 Å². The highest BCUT2D eigenvalue weighted by molar-refractivity contribution is 6.31. The van der Waals surface area contributed by atoms with Crippen LogP contribution < -0.4 is 11.3 Å². The van der Waals surface area contributed by atoms with Gasteiger partial charge in [0.05, 0.1) is 5.02 Å². The average Bonchev–Trinajstić information content (AvgIpc) is 2.21. The lowest BCUT2D eigenvalue weighted by molar-refractivity contribution is 0.520. The molecule has 0 fully saturated rings. The highest BCUT2D eigenvalue weighted by atomic mass is 35.5. The maximum absolute atomic E-state index is 5.99. The third-order valence-electron chi connectivity index (χ3n) is 2.04. The molecule has 1 aromatic rings. The fourth-order valence-electron chi connectivity index (χ4n) is 1.28. The van der Waals surface area contributed by atoms with Gasteiger partial charge in [0.2, 0.25) is 0 Å². The number of rotatable bonds is 5. The molecule has 1 rings (SSSR count). The van der Waals surface area contributed by atoms with Gasteiger partial charge < -0.3 is 0 Å². The summed E-state index contributed by atoms with van der Waals surface area (Å²) in [5, 5.41) is 0.638. The lowest BCUT2D eigenvalue weighted by Crippen LogP contribution is -2.28. The van der Waals surface area contributed by atoms with Crippen molar-refractivity contribution in [2.24, 2.45) is 5.84 Å². The summed E-state index contributed by atoms with van der Waals surface area (Å²) in [6.45, 7) is 3.67. The van der Waals surface area contributed by atoms with Crippen molar-refractivity contribution in [3.8, 4) is 0 Å². The molecule has 1 heterocycles. The van der Waals surface area contributed by atoms with Crippen molar-refractivity contribution in [1.29, 1.82) is 0 Å². The van der Waals surface area contributed by atoms with Gasteiger partial charge in [-0.1, -0.05) is 17.7 Å². The topological polar surface area (TPSA) is 50.9 Å². The van der Waals surface area contributed by atoms with Gasteiger partial charge in [-0.3, -0.25) is 16.3 Å². The van der Waals surface area contributed by atoms with E-state index < -0.39 is 0 Å². The first-order chi connectivity index (χ1) is 6.79. The van der Waals surface area contributed by atoms with E-state index in [-0.39, 0.29) is 6.04 Å². The third kappa shape index (κ3) is 2.80. The number of halogens is 1. The van der Waals surface area contributed by atoms with E-state index in [1.807, 2.05) is 12.1 Å². The molecule has 3 nitrogen and oxygen atoms in total. The van der Waals surface area contributed by atoms with Gasteiger partial charge in [-0.25, -0.2) is 0 Å². The lowest BCUT2D eigenvalue weighted by Gasteiger charge is -2.16. The number of hydrogen-bond acceptors (Lipinski definition) is 3. The number of allylic oxidation sites excluding steroid dienone is 1. The SMILES string of the molecule is C=CCCC(NN)c1ccncc1Cl. The summed E-state index contributed by atoms with van der Waals surface area (Å²) in [5.74, 6) is 5.45. The Bertz CT molecular complexity index is 301.